The van der Waals surface area contributed by atoms with Crippen molar-refractivity contribution < 1.29 is 9.53 Å². The summed E-state index contributed by atoms with van der Waals surface area (Å²) >= 11 is 0. The van der Waals surface area contributed by atoms with Gasteiger partial charge in [-0.3, -0.25) is 4.79 Å². The highest BCUT2D eigenvalue weighted by Crippen LogP contribution is 2.25. The lowest BCUT2D eigenvalue weighted by atomic mass is 9.85. The van der Waals surface area contributed by atoms with Crippen molar-refractivity contribution in [2.75, 3.05) is 38.3 Å². The third-order valence-electron chi connectivity index (χ3n) is 5.17. The average molecular weight is 331 g/mol. The Labute approximate surface area is 144 Å². The molecule has 132 valence electrons. The maximum Gasteiger partial charge on any atom is 0.225 e. The molecule has 0 bridgehead atoms. The second-order valence-electron chi connectivity index (χ2n) is 7.08. The number of carbonyl (C=O) groups is 1. The van der Waals surface area contributed by atoms with E-state index in [0.717, 1.165) is 52.0 Å². The molecule has 2 atom stereocenters. The van der Waals surface area contributed by atoms with E-state index in [0.29, 0.717) is 6.54 Å². The van der Waals surface area contributed by atoms with Gasteiger partial charge >= 0.3 is 0 Å². The van der Waals surface area contributed by atoms with Crippen molar-refractivity contribution in [1.82, 2.24) is 4.90 Å². The number of morpholine rings is 1. The Hall–Kier alpha value is -1.59. The standard InChI is InChI=1S/C19H29N3O2/c1-21(19(23)16-3-2-4-17(20)13-16)14-15-5-7-18(8-6-15)22-9-11-24-12-10-22/h5-8,16-17H,2-4,9-14,20H2,1H3/t16-,17+/m0/s1. The molecule has 1 aromatic rings. The zero-order valence-electron chi connectivity index (χ0n) is 14.6. The van der Waals surface area contributed by atoms with E-state index in [-0.39, 0.29) is 17.9 Å². The van der Waals surface area contributed by atoms with Gasteiger partial charge in [-0.15, -0.1) is 0 Å². The molecule has 1 heterocycles. The third kappa shape index (κ3) is 4.28. The molecule has 1 aromatic carbocycles. The van der Waals surface area contributed by atoms with Crippen LogP contribution in [0.4, 0.5) is 5.69 Å². The van der Waals surface area contributed by atoms with Gasteiger partial charge in [0.15, 0.2) is 0 Å². The van der Waals surface area contributed by atoms with E-state index in [1.165, 1.54) is 11.3 Å². The first-order valence-corrected chi connectivity index (χ1v) is 9.05. The van der Waals surface area contributed by atoms with E-state index in [9.17, 15) is 4.79 Å². The van der Waals surface area contributed by atoms with Gasteiger partial charge in [0.2, 0.25) is 5.91 Å². The van der Waals surface area contributed by atoms with E-state index in [1.54, 1.807) is 0 Å². The minimum atomic E-state index is 0.103. The predicted molar refractivity (Wildman–Crippen MR) is 95.9 cm³/mol. The molecule has 1 saturated carbocycles. The maximum absolute atomic E-state index is 12.6. The third-order valence-corrected chi connectivity index (χ3v) is 5.17. The van der Waals surface area contributed by atoms with Crippen molar-refractivity contribution in [3.63, 3.8) is 0 Å². The van der Waals surface area contributed by atoms with Gasteiger partial charge in [0.25, 0.3) is 0 Å². The number of benzene rings is 1. The SMILES string of the molecule is CN(Cc1ccc(N2CCOCC2)cc1)C(=O)[C@H]1CCC[C@@H](N)C1. The number of ether oxygens (including phenoxy) is 1. The Morgan fingerprint density at radius 1 is 1.25 bits per heavy atom. The van der Waals surface area contributed by atoms with Crippen LogP contribution in [0.15, 0.2) is 24.3 Å². The zero-order valence-corrected chi connectivity index (χ0v) is 14.6. The van der Waals surface area contributed by atoms with Crippen molar-refractivity contribution >= 4 is 11.6 Å². The van der Waals surface area contributed by atoms with Gasteiger partial charge in [-0.25, -0.2) is 0 Å². The van der Waals surface area contributed by atoms with Crippen LogP contribution in [0, 0.1) is 5.92 Å². The van der Waals surface area contributed by atoms with Gasteiger partial charge in [-0.1, -0.05) is 18.6 Å². The van der Waals surface area contributed by atoms with Crippen LogP contribution in [0.25, 0.3) is 0 Å². The highest BCUT2D eigenvalue weighted by molar-refractivity contribution is 5.78. The molecule has 0 aromatic heterocycles. The fourth-order valence-electron chi connectivity index (χ4n) is 3.75. The summed E-state index contributed by atoms with van der Waals surface area (Å²) in [5, 5.41) is 0. The minimum Gasteiger partial charge on any atom is -0.378 e. The number of anilines is 1. The van der Waals surface area contributed by atoms with Crippen molar-refractivity contribution in [2.45, 2.75) is 38.3 Å². The van der Waals surface area contributed by atoms with Gasteiger partial charge in [0, 0.05) is 44.3 Å². The average Bonchev–Trinajstić information content (AvgIpc) is 2.62. The van der Waals surface area contributed by atoms with Crippen molar-refractivity contribution in [1.29, 1.82) is 0 Å². The molecule has 2 aliphatic rings. The van der Waals surface area contributed by atoms with Crippen LogP contribution in [0.5, 0.6) is 0 Å². The van der Waals surface area contributed by atoms with Crippen LogP contribution in [0.2, 0.25) is 0 Å². The molecule has 1 saturated heterocycles. The summed E-state index contributed by atoms with van der Waals surface area (Å²) < 4.78 is 5.39. The van der Waals surface area contributed by atoms with E-state index in [4.69, 9.17) is 10.5 Å². The summed E-state index contributed by atoms with van der Waals surface area (Å²) in [6.45, 7) is 4.14. The lowest BCUT2D eigenvalue weighted by Gasteiger charge is -2.30. The molecule has 5 nitrogen and oxygen atoms in total. The van der Waals surface area contributed by atoms with Gasteiger partial charge in [0.05, 0.1) is 13.2 Å². The molecular weight excluding hydrogens is 302 g/mol. The second kappa shape index (κ2) is 7.99. The molecule has 2 fully saturated rings. The Bertz CT molecular complexity index is 540. The van der Waals surface area contributed by atoms with E-state index in [1.807, 2.05) is 11.9 Å². The molecule has 0 unspecified atom stereocenters. The van der Waals surface area contributed by atoms with Gasteiger partial charge < -0.3 is 20.3 Å². The molecule has 24 heavy (non-hydrogen) atoms. The zero-order chi connectivity index (χ0) is 16.9. The highest BCUT2D eigenvalue weighted by atomic mass is 16.5. The molecule has 2 N–H and O–H groups in total. The van der Waals surface area contributed by atoms with Gasteiger partial charge in [-0.2, -0.15) is 0 Å². The Kier molecular flexibility index (Phi) is 5.74. The summed E-state index contributed by atoms with van der Waals surface area (Å²) in [4.78, 5) is 16.8. The van der Waals surface area contributed by atoms with Crippen LogP contribution in [0.1, 0.15) is 31.2 Å². The fourth-order valence-corrected chi connectivity index (χ4v) is 3.75. The van der Waals surface area contributed by atoms with Crippen molar-refractivity contribution in [3.8, 4) is 0 Å². The topological polar surface area (TPSA) is 58.8 Å². The smallest absolute Gasteiger partial charge is 0.225 e. The van der Waals surface area contributed by atoms with Crippen LogP contribution in [-0.4, -0.2) is 50.2 Å². The maximum atomic E-state index is 12.6. The number of hydrogen-bond donors (Lipinski definition) is 1. The minimum absolute atomic E-state index is 0.103. The van der Waals surface area contributed by atoms with Crippen LogP contribution in [0.3, 0.4) is 0 Å². The van der Waals surface area contributed by atoms with E-state index < -0.39 is 0 Å². The highest BCUT2D eigenvalue weighted by Gasteiger charge is 2.27. The first kappa shape index (κ1) is 17.2. The molecular formula is C19H29N3O2. The number of nitrogens with zero attached hydrogens (tertiary/aromatic N) is 2. The lowest BCUT2D eigenvalue weighted by molar-refractivity contribution is -0.135. The van der Waals surface area contributed by atoms with E-state index >= 15 is 0 Å². The molecule has 0 spiro atoms. The summed E-state index contributed by atoms with van der Waals surface area (Å²) in [6.07, 6.45) is 3.93. The van der Waals surface area contributed by atoms with Crippen molar-refractivity contribution in [2.24, 2.45) is 11.7 Å². The predicted octanol–water partition coefficient (Wildman–Crippen LogP) is 2.00. The number of nitrogens with two attached hydrogens (primary N) is 1. The first-order valence-electron chi connectivity index (χ1n) is 9.05. The molecule has 3 rings (SSSR count). The summed E-state index contributed by atoms with van der Waals surface area (Å²) in [7, 11) is 1.90. The van der Waals surface area contributed by atoms with Gasteiger partial charge in [-0.05, 0) is 37.0 Å². The summed E-state index contributed by atoms with van der Waals surface area (Å²) in [6, 6.07) is 8.74. The number of amides is 1. The second-order valence-corrected chi connectivity index (χ2v) is 7.08. The normalized spacial score (nSPS) is 24.7. The first-order chi connectivity index (χ1) is 11.6. The molecule has 1 amide bonds. The Balaban J connectivity index is 1.55. The molecule has 0 radical (unpaired) electrons. The quantitative estimate of drug-likeness (QED) is 0.917. The number of hydrogen-bond acceptors (Lipinski definition) is 4. The summed E-state index contributed by atoms with van der Waals surface area (Å²) in [5.41, 5.74) is 8.42. The monoisotopic (exact) mass is 331 g/mol. The Morgan fingerprint density at radius 2 is 1.96 bits per heavy atom. The van der Waals surface area contributed by atoms with Crippen LogP contribution >= 0.6 is 0 Å². The van der Waals surface area contributed by atoms with Crippen molar-refractivity contribution in [3.05, 3.63) is 29.8 Å². The van der Waals surface area contributed by atoms with Crippen LogP contribution < -0.4 is 10.6 Å². The number of rotatable bonds is 4. The Morgan fingerprint density at radius 3 is 2.62 bits per heavy atom. The molecule has 5 heteroatoms. The largest absolute Gasteiger partial charge is 0.378 e. The lowest BCUT2D eigenvalue weighted by Crippen LogP contribution is -2.38. The molecule has 1 aliphatic heterocycles. The van der Waals surface area contributed by atoms with Crippen LogP contribution in [-0.2, 0) is 16.1 Å². The summed E-state index contributed by atoms with van der Waals surface area (Å²) in [5.74, 6) is 0.341. The number of carbonyl (C=O) groups excluding carboxylic acids is 1. The van der Waals surface area contributed by atoms with E-state index in [2.05, 4.69) is 29.2 Å². The fraction of sp³-hybridized carbons (Fsp3) is 0.632. The molecule has 1 aliphatic carbocycles. The van der Waals surface area contributed by atoms with Gasteiger partial charge in [0.1, 0.15) is 0 Å².